The van der Waals surface area contributed by atoms with Crippen molar-refractivity contribution in [1.29, 1.82) is 0 Å². The molecule has 2 rings (SSSR count). The average Bonchev–Trinajstić information content (AvgIpc) is 2.58. The van der Waals surface area contributed by atoms with Crippen molar-refractivity contribution in [2.75, 3.05) is 5.73 Å². The number of nitrogens with two attached hydrogens (primary N) is 1. The molecule has 0 unspecified atom stereocenters. The number of nitrogens with zero attached hydrogens (tertiary/aromatic N) is 2. The van der Waals surface area contributed by atoms with Crippen LogP contribution in [0.25, 0.3) is 0 Å². The third-order valence-corrected chi connectivity index (χ3v) is 2.63. The van der Waals surface area contributed by atoms with Crippen LogP contribution in [0.1, 0.15) is 37.3 Å². The Hall–Kier alpha value is -0.410. The van der Waals surface area contributed by atoms with E-state index >= 15 is 0 Å². The molecule has 0 radical (unpaired) electrons. The number of aromatic nitrogens is 2. The Morgan fingerprint density at radius 3 is 2.36 bits per heavy atom. The summed E-state index contributed by atoms with van der Waals surface area (Å²) < 4.78 is 1.81. The molecule has 1 aliphatic carbocycles. The van der Waals surface area contributed by atoms with Crippen LogP contribution in [0.4, 0.5) is 5.69 Å². The van der Waals surface area contributed by atoms with E-state index in [0.29, 0.717) is 5.92 Å². The first-order valence-corrected chi connectivity index (χ1v) is 4.56. The molecule has 1 saturated carbocycles. The van der Waals surface area contributed by atoms with Gasteiger partial charge >= 0.3 is 0 Å². The minimum Gasteiger partial charge on any atom is -0.396 e. The Morgan fingerprint density at radius 2 is 1.93 bits per heavy atom. The second-order valence-electron chi connectivity index (χ2n) is 3.62. The molecule has 0 bridgehead atoms. The van der Waals surface area contributed by atoms with E-state index in [9.17, 15) is 0 Å². The molecule has 14 heavy (non-hydrogen) atoms. The maximum Gasteiger partial charge on any atom is 0.0884 e. The fourth-order valence-corrected chi connectivity index (χ4v) is 2.04. The first-order chi connectivity index (χ1) is 5.77. The van der Waals surface area contributed by atoms with Gasteiger partial charge in [0.25, 0.3) is 0 Å². The third-order valence-electron chi connectivity index (χ3n) is 2.63. The first kappa shape index (κ1) is 13.6. The Balaban J connectivity index is 0.000000845. The highest BCUT2D eigenvalue weighted by Crippen LogP contribution is 2.35. The van der Waals surface area contributed by atoms with E-state index in [4.69, 9.17) is 5.73 Å². The summed E-state index contributed by atoms with van der Waals surface area (Å²) in [6.07, 6.45) is 7.09. The SMILES string of the molecule is Cl.Cl.Cn1cc(N)c(C2CCCC2)n1. The Morgan fingerprint density at radius 1 is 1.36 bits per heavy atom. The molecule has 0 saturated heterocycles. The second kappa shape index (κ2) is 5.47. The number of halogens is 2. The van der Waals surface area contributed by atoms with Crippen molar-refractivity contribution in [2.45, 2.75) is 31.6 Å². The highest BCUT2D eigenvalue weighted by Gasteiger charge is 2.21. The van der Waals surface area contributed by atoms with E-state index in [1.165, 1.54) is 25.7 Å². The summed E-state index contributed by atoms with van der Waals surface area (Å²) in [6.45, 7) is 0. The lowest BCUT2D eigenvalue weighted by atomic mass is 10.0. The highest BCUT2D eigenvalue weighted by atomic mass is 35.5. The molecule has 82 valence electrons. The van der Waals surface area contributed by atoms with Crippen LogP contribution in [0.15, 0.2) is 6.20 Å². The van der Waals surface area contributed by atoms with E-state index < -0.39 is 0 Å². The largest absolute Gasteiger partial charge is 0.396 e. The summed E-state index contributed by atoms with van der Waals surface area (Å²) in [5.41, 5.74) is 7.82. The molecule has 3 nitrogen and oxygen atoms in total. The Kier molecular flexibility index (Phi) is 5.31. The number of anilines is 1. The van der Waals surface area contributed by atoms with Gasteiger partial charge in [-0.1, -0.05) is 12.8 Å². The molecule has 0 aliphatic heterocycles. The topological polar surface area (TPSA) is 43.8 Å². The third kappa shape index (κ3) is 2.55. The normalized spacial score (nSPS) is 16.1. The zero-order valence-electron chi connectivity index (χ0n) is 8.27. The molecular formula is C9H17Cl2N3. The maximum atomic E-state index is 5.84. The summed E-state index contributed by atoms with van der Waals surface area (Å²) in [5.74, 6) is 0.631. The Bertz CT molecular complexity index is 280. The van der Waals surface area contributed by atoms with Crippen LogP contribution in [0, 0.1) is 0 Å². The van der Waals surface area contributed by atoms with Crippen molar-refractivity contribution >= 4 is 30.5 Å². The van der Waals surface area contributed by atoms with E-state index in [0.717, 1.165) is 11.4 Å². The van der Waals surface area contributed by atoms with Gasteiger partial charge in [-0.2, -0.15) is 5.10 Å². The van der Waals surface area contributed by atoms with Crippen LogP contribution < -0.4 is 5.73 Å². The maximum absolute atomic E-state index is 5.84. The number of hydrogen-bond donors (Lipinski definition) is 1. The smallest absolute Gasteiger partial charge is 0.0884 e. The molecule has 1 heterocycles. The van der Waals surface area contributed by atoms with Gasteiger partial charge in [0.15, 0.2) is 0 Å². The summed E-state index contributed by atoms with van der Waals surface area (Å²) >= 11 is 0. The molecule has 1 aromatic heterocycles. The average molecular weight is 238 g/mol. The van der Waals surface area contributed by atoms with Crippen molar-refractivity contribution in [2.24, 2.45) is 7.05 Å². The van der Waals surface area contributed by atoms with Crippen molar-refractivity contribution in [3.05, 3.63) is 11.9 Å². The number of hydrogen-bond acceptors (Lipinski definition) is 2. The molecule has 0 aromatic carbocycles. The molecule has 5 heteroatoms. The standard InChI is InChI=1S/C9H15N3.2ClH/c1-12-6-8(10)9(11-12)7-4-2-3-5-7;;/h6-7H,2-5,10H2,1H3;2*1H. The van der Waals surface area contributed by atoms with E-state index in [2.05, 4.69) is 5.10 Å². The van der Waals surface area contributed by atoms with Gasteiger partial charge in [0, 0.05) is 19.2 Å². The summed E-state index contributed by atoms with van der Waals surface area (Å²) in [7, 11) is 1.93. The fourth-order valence-electron chi connectivity index (χ4n) is 2.04. The predicted molar refractivity (Wildman–Crippen MR) is 63.3 cm³/mol. The number of nitrogen functional groups attached to an aromatic ring is 1. The molecule has 0 atom stereocenters. The van der Waals surface area contributed by atoms with Crippen molar-refractivity contribution in [1.82, 2.24) is 9.78 Å². The van der Waals surface area contributed by atoms with Crippen LogP contribution in [0.5, 0.6) is 0 Å². The molecule has 2 N–H and O–H groups in total. The van der Waals surface area contributed by atoms with E-state index in [1.807, 2.05) is 17.9 Å². The van der Waals surface area contributed by atoms with Gasteiger partial charge in [0.1, 0.15) is 0 Å². The van der Waals surface area contributed by atoms with Gasteiger partial charge in [-0.15, -0.1) is 24.8 Å². The summed E-state index contributed by atoms with van der Waals surface area (Å²) in [5, 5.41) is 4.38. The fraction of sp³-hybridized carbons (Fsp3) is 0.667. The Labute approximate surface area is 96.9 Å². The number of aryl methyl sites for hydroxylation is 1. The van der Waals surface area contributed by atoms with Crippen molar-refractivity contribution in [3.8, 4) is 0 Å². The van der Waals surface area contributed by atoms with Crippen LogP contribution in [-0.2, 0) is 7.05 Å². The predicted octanol–water partition coefficient (Wildman–Crippen LogP) is 2.50. The zero-order chi connectivity index (χ0) is 8.55. The van der Waals surface area contributed by atoms with E-state index in [1.54, 1.807) is 0 Å². The van der Waals surface area contributed by atoms with Crippen molar-refractivity contribution in [3.63, 3.8) is 0 Å². The molecule has 1 aromatic rings. The summed E-state index contributed by atoms with van der Waals surface area (Å²) in [4.78, 5) is 0. The minimum atomic E-state index is 0. The molecule has 0 spiro atoms. The number of rotatable bonds is 1. The lowest BCUT2D eigenvalue weighted by Crippen LogP contribution is -1.98. The second-order valence-corrected chi connectivity index (χ2v) is 3.62. The first-order valence-electron chi connectivity index (χ1n) is 4.56. The van der Waals surface area contributed by atoms with Gasteiger partial charge in [-0.05, 0) is 12.8 Å². The van der Waals surface area contributed by atoms with Crippen LogP contribution in [0.2, 0.25) is 0 Å². The van der Waals surface area contributed by atoms with Crippen LogP contribution in [-0.4, -0.2) is 9.78 Å². The minimum absolute atomic E-state index is 0. The van der Waals surface area contributed by atoms with Crippen LogP contribution >= 0.6 is 24.8 Å². The highest BCUT2D eigenvalue weighted by molar-refractivity contribution is 5.85. The van der Waals surface area contributed by atoms with E-state index in [-0.39, 0.29) is 24.8 Å². The lowest BCUT2D eigenvalue weighted by molar-refractivity contribution is 0.658. The van der Waals surface area contributed by atoms with Crippen molar-refractivity contribution < 1.29 is 0 Å². The van der Waals surface area contributed by atoms with Crippen LogP contribution in [0.3, 0.4) is 0 Å². The zero-order valence-corrected chi connectivity index (χ0v) is 9.90. The van der Waals surface area contributed by atoms with Gasteiger partial charge in [-0.25, -0.2) is 0 Å². The monoisotopic (exact) mass is 237 g/mol. The van der Waals surface area contributed by atoms with Gasteiger partial charge in [0.05, 0.1) is 11.4 Å². The molecular weight excluding hydrogens is 221 g/mol. The molecule has 1 fully saturated rings. The van der Waals surface area contributed by atoms with Gasteiger partial charge in [-0.3, -0.25) is 4.68 Å². The lowest BCUT2D eigenvalue weighted by Gasteiger charge is -2.04. The molecule has 1 aliphatic rings. The summed E-state index contributed by atoms with van der Waals surface area (Å²) in [6, 6.07) is 0. The van der Waals surface area contributed by atoms with Gasteiger partial charge < -0.3 is 5.73 Å². The molecule has 0 amide bonds. The quantitative estimate of drug-likeness (QED) is 0.816. The van der Waals surface area contributed by atoms with Gasteiger partial charge in [0.2, 0.25) is 0 Å².